The Morgan fingerprint density at radius 1 is 1.09 bits per heavy atom. The van der Waals surface area contributed by atoms with Crippen molar-refractivity contribution in [2.45, 2.75) is 46.6 Å². The Morgan fingerprint density at radius 3 is 2.65 bits per heavy atom. The Bertz CT molecular complexity index is 1350. The predicted octanol–water partition coefficient (Wildman–Crippen LogP) is 5.87. The van der Waals surface area contributed by atoms with E-state index in [1.54, 1.807) is 18.2 Å². The number of fused-ring (bicyclic) bond motifs is 1. The first-order valence-corrected chi connectivity index (χ1v) is 11.6. The van der Waals surface area contributed by atoms with Crippen LogP contribution in [-0.2, 0) is 19.4 Å². The number of carboxylic acids is 1. The lowest BCUT2D eigenvalue weighted by molar-refractivity contribution is 0.0695. The zero-order chi connectivity index (χ0) is 24.2. The number of aromatic nitrogens is 3. The summed E-state index contributed by atoms with van der Waals surface area (Å²) in [5.74, 6) is -0.471. The number of halogens is 1. The normalized spacial score (nSPS) is 11.2. The van der Waals surface area contributed by atoms with E-state index >= 15 is 0 Å². The van der Waals surface area contributed by atoms with Crippen molar-refractivity contribution >= 4 is 22.7 Å². The van der Waals surface area contributed by atoms with Crippen LogP contribution in [0, 0.1) is 12.7 Å². The number of carbonyl (C=O) groups is 1. The molecule has 0 saturated carbocycles. The summed E-state index contributed by atoms with van der Waals surface area (Å²) in [4.78, 5) is 20.2. The van der Waals surface area contributed by atoms with Gasteiger partial charge in [0.25, 0.3) is 0 Å². The van der Waals surface area contributed by atoms with Crippen molar-refractivity contribution in [1.82, 2.24) is 14.5 Å². The summed E-state index contributed by atoms with van der Waals surface area (Å²) in [6.07, 6.45) is 3.89. The van der Waals surface area contributed by atoms with Crippen LogP contribution in [0.25, 0.3) is 22.2 Å². The molecule has 176 valence electrons. The molecule has 0 aliphatic carbocycles. The number of nitrogens with one attached hydrogen (secondary N) is 1. The van der Waals surface area contributed by atoms with Gasteiger partial charge in [0.05, 0.1) is 16.8 Å². The SMILES string of the molecule is CCCc1cc(-c2cc(NCCn3c(C)cc4c(CC)ccc(F)c43)ncn2)ccc1C(=O)O. The molecule has 0 fully saturated rings. The molecule has 0 atom stereocenters. The molecule has 0 spiro atoms. The lowest BCUT2D eigenvalue weighted by atomic mass is 9.99. The smallest absolute Gasteiger partial charge is 0.335 e. The van der Waals surface area contributed by atoms with Gasteiger partial charge in [-0.2, -0.15) is 0 Å². The number of carboxylic acid groups (broad SMARTS) is 1. The topological polar surface area (TPSA) is 80.0 Å². The second kappa shape index (κ2) is 10.0. The molecule has 7 heteroatoms. The van der Waals surface area contributed by atoms with E-state index < -0.39 is 5.97 Å². The molecule has 0 aliphatic heterocycles. The average Bonchev–Trinajstić information content (AvgIpc) is 3.16. The van der Waals surface area contributed by atoms with Crippen LogP contribution in [0.5, 0.6) is 0 Å². The van der Waals surface area contributed by atoms with Gasteiger partial charge in [0.2, 0.25) is 0 Å². The minimum Gasteiger partial charge on any atom is -0.478 e. The summed E-state index contributed by atoms with van der Waals surface area (Å²) in [6.45, 7) is 7.25. The van der Waals surface area contributed by atoms with E-state index in [0.717, 1.165) is 40.6 Å². The van der Waals surface area contributed by atoms with Crippen LogP contribution in [-0.4, -0.2) is 32.2 Å². The number of aryl methyl sites for hydroxylation is 3. The molecule has 0 radical (unpaired) electrons. The van der Waals surface area contributed by atoms with E-state index in [-0.39, 0.29) is 5.82 Å². The number of rotatable bonds is 9. The molecule has 0 amide bonds. The number of aromatic carboxylic acids is 1. The van der Waals surface area contributed by atoms with Crippen LogP contribution in [0.1, 0.15) is 47.4 Å². The molecular weight excluding hydrogens is 431 g/mol. The van der Waals surface area contributed by atoms with Gasteiger partial charge in [0, 0.05) is 35.8 Å². The number of hydrogen-bond donors (Lipinski definition) is 2. The largest absolute Gasteiger partial charge is 0.478 e. The van der Waals surface area contributed by atoms with Crippen molar-refractivity contribution in [2.24, 2.45) is 0 Å². The molecule has 34 heavy (non-hydrogen) atoms. The van der Waals surface area contributed by atoms with Gasteiger partial charge in [-0.25, -0.2) is 19.2 Å². The number of anilines is 1. The zero-order valence-corrected chi connectivity index (χ0v) is 19.7. The summed E-state index contributed by atoms with van der Waals surface area (Å²) in [6, 6.07) is 12.6. The van der Waals surface area contributed by atoms with Gasteiger partial charge < -0.3 is 15.0 Å². The third-order valence-electron chi connectivity index (χ3n) is 6.15. The first-order valence-electron chi connectivity index (χ1n) is 11.6. The van der Waals surface area contributed by atoms with Gasteiger partial charge in [-0.05, 0) is 55.2 Å². The van der Waals surface area contributed by atoms with Crippen LogP contribution >= 0.6 is 0 Å². The fraction of sp³-hybridized carbons (Fsp3) is 0.296. The summed E-state index contributed by atoms with van der Waals surface area (Å²) in [5, 5.41) is 13.7. The van der Waals surface area contributed by atoms with E-state index in [1.807, 2.05) is 36.6 Å². The third kappa shape index (κ3) is 4.64. The van der Waals surface area contributed by atoms with Crippen LogP contribution in [0.3, 0.4) is 0 Å². The van der Waals surface area contributed by atoms with Crippen LogP contribution < -0.4 is 5.32 Å². The van der Waals surface area contributed by atoms with Gasteiger partial charge in [-0.3, -0.25) is 0 Å². The highest BCUT2D eigenvalue weighted by Gasteiger charge is 2.14. The Balaban J connectivity index is 1.53. The quantitative estimate of drug-likeness (QED) is 0.326. The van der Waals surface area contributed by atoms with Crippen molar-refractivity contribution in [3.63, 3.8) is 0 Å². The second-order valence-electron chi connectivity index (χ2n) is 8.40. The molecule has 4 aromatic rings. The van der Waals surface area contributed by atoms with E-state index in [2.05, 4.69) is 28.3 Å². The zero-order valence-electron chi connectivity index (χ0n) is 19.7. The number of hydrogen-bond acceptors (Lipinski definition) is 4. The Hall–Kier alpha value is -3.74. The van der Waals surface area contributed by atoms with Crippen molar-refractivity contribution in [2.75, 3.05) is 11.9 Å². The van der Waals surface area contributed by atoms with Gasteiger partial charge in [0.1, 0.15) is 18.0 Å². The summed E-state index contributed by atoms with van der Waals surface area (Å²) >= 11 is 0. The molecule has 0 aliphatic rings. The van der Waals surface area contributed by atoms with Crippen molar-refractivity contribution < 1.29 is 14.3 Å². The summed E-state index contributed by atoms with van der Waals surface area (Å²) < 4.78 is 16.6. The first-order chi connectivity index (χ1) is 16.4. The molecular formula is C27H29FN4O2. The van der Waals surface area contributed by atoms with E-state index in [0.29, 0.717) is 42.1 Å². The molecule has 2 heterocycles. The van der Waals surface area contributed by atoms with Crippen LogP contribution in [0.4, 0.5) is 10.2 Å². The van der Waals surface area contributed by atoms with Gasteiger partial charge in [0.15, 0.2) is 0 Å². The van der Waals surface area contributed by atoms with Gasteiger partial charge in [-0.1, -0.05) is 32.4 Å². The van der Waals surface area contributed by atoms with Gasteiger partial charge >= 0.3 is 5.97 Å². The van der Waals surface area contributed by atoms with E-state index in [9.17, 15) is 14.3 Å². The van der Waals surface area contributed by atoms with Crippen molar-refractivity contribution in [1.29, 1.82) is 0 Å². The third-order valence-corrected chi connectivity index (χ3v) is 6.15. The minimum atomic E-state index is -0.921. The van der Waals surface area contributed by atoms with E-state index in [4.69, 9.17) is 0 Å². The maximum absolute atomic E-state index is 14.6. The molecule has 2 N–H and O–H groups in total. The highest BCUT2D eigenvalue weighted by Crippen LogP contribution is 2.27. The predicted molar refractivity (Wildman–Crippen MR) is 133 cm³/mol. The molecule has 0 saturated heterocycles. The lowest BCUT2D eigenvalue weighted by Gasteiger charge is -2.12. The maximum Gasteiger partial charge on any atom is 0.335 e. The Morgan fingerprint density at radius 2 is 1.91 bits per heavy atom. The highest BCUT2D eigenvalue weighted by molar-refractivity contribution is 5.90. The number of benzene rings is 2. The molecule has 2 aromatic carbocycles. The monoisotopic (exact) mass is 460 g/mol. The molecule has 6 nitrogen and oxygen atoms in total. The summed E-state index contributed by atoms with van der Waals surface area (Å²) in [7, 11) is 0. The standard InChI is InChI=1S/C27H29FN4O2/c1-4-6-19-14-20(7-9-21(19)27(33)34)24-15-25(31-16-30-24)29-11-12-32-17(3)13-22-18(5-2)8-10-23(28)26(22)32/h7-10,13-16H,4-6,11-12H2,1-3H3,(H,33,34)(H,29,30,31). The number of nitrogens with zero attached hydrogens (tertiary/aromatic N) is 3. The summed E-state index contributed by atoms with van der Waals surface area (Å²) in [5.41, 5.74) is 5.48. The van der Waals surface area contributed by atoms with Crippen LogP contribution in [0.15, 0.2) is 48.8 Å². The first kappa shape index (κ1) is 23.4. The minimum absolute atomic E-state index is 0.211. The average molecular weight is 461 g/mol. The second-order valence-corrected chi connectivity index (χ2v) is 8.40. The molecule has 0 unspecified atom stereocenters. The maximum atomic E-state index is 14.6. The fourth-order valence-corrected chi connectivity index (χ4v) is 4.46. The Kier molecular flexibility index (Phi) is 6.91. The van der Waals surface area contributed by atoms with Crippen molar-refractivity contribution in [3.8, 4) is 11.3 Å². The van der Waals surface area contributed by atoms with Crippen molar-refractivity contribution in [3.05, 3.63) is 77.0 Å². The van der Waals surface area contributed by atoms with E-state index in [1.165, 1.54) is 6.33 Å². The molecule has 2 aromatic heterocycles. The fourth-order valence-electron chi connectivity index (χ4n) is 4.46. The Labute approximate surface area is 198 Å². The highest BCUT2D eigenvalue weighted by atomic mass is 19.1. The lowest BCUT2D eigenvalue weighted by Crippen LogP contribution is -2.13. The molecule has 0 bridgehead atoms. The molecule has 4 rings (SSSR count). The van der Waals surface area contributed by atoms with Gasteiger partial charge in [-0.15, -0.1) is 0 Å². The van der Waals surface area contributed by atoms with Crippen LogP contribution in [0.2, 0.25) is 0 Å².